The summed E-state index contributed by atoms with van der Waals surface area (Å²) in [5.41, 5.74) is 3.47. The molecule has 33 heavy (non-hydrogen) atoms. The summed E-state index contributed by atoms with van der Waals surface area (Å²) in [5.74, 6) is 0.200. The zero-order chi connectivity index (χ0) is 23.0. The third-order valence-electron chi connectivity index (χ3n) is 5.58. The Bertz CT molecular complexity index is 1100. The lowest BCUT2D eigenvalue weighted by atomic mass is 10.1. The molecule has 0 aliphatic carbocycles. The smallest absolute Gasteiger partial charge is 0.326 e. The number of hydrogen-bond donors (Lipinski definition) is 3. The summed E-state index contributed by atoms with van der Waals surface area (Å²) in [6.45, 7) is 1.46. The monoisotopic (exact) mass is 445 g/mol. The predicted molar refractivity (Wildman–Crippen MR) is 126 cm³/mol. The number of nitrogens with zero attached hydrogens (tertiary/aromatic N) is 1. The Labute approximate surface area is 192 Å². The Kier molecular flexibility index (Phi) is 7.19. The molecule has 2 heterocycles. The van der Waals surface area contributed by atoms with Gasteiger partial charge >= 0.3 is 5.97 Å². The molecular formula is C26H27N3O4. The summed E-state index contributed by atoms with van der Waals surface area (Å²) >= 11 is 0. The van der Waals surface area contributed by atoms with Gasteiger partial charge in [-0.3, -0.25) is 4.79 Å². The molecule has 0 bridgehead atoms. The minimum atomic E-state index is -1.08. The van der Waals surface area contributed by atoms with E-state index in [0.717, 1.165) is 36.5 Å². The van der Waals surface area contributed by atoms with E-state index in [2.05, 4.69) is 21.7 Å². The van der Waals surface area contributed by atoms with E-state index in [0.29, 0.717) is 24.3 Å². The van der Waals surface area contributed by atoms with Crippen molar-refractivity contribution in [2.24, 2.45) is 0 Å². The number of benzene rings is 2. The van der Waals surface area contributed by atoms with E-state index in [1.54, 1.807) is 30.3 Å². The Morgan fingerprint density at radius 1 is 1.06 bits per heavy atom. The van der Waals surface area contributed by atoms with Gasteiger partial charge in [-0.1, -0.05) is 36.4 Å². The van der Waals surface area contributed by atoms with E-state index < -0.39 is 17.9 Å². The molecule has 0 spiro atoms. The molecule has 4 rings (SSSR count). The van der Waals surface area contributed by atoms with Crippen molar-refractivity contribution < 1.29 is 19.4 Å². The number of rotatable bonds is 9. The third-order valence-corrected chi connectivity index (χ3v) is 5.58. The zero-order valence-corrected chi connectivity index (χ0v) is 18.3. The quantitative estimate of drug-likeness (QED) is 0.466. The standard InChI is InChI=1S/C26H27N3O4/c30-25(20-5-2-1-3-6-20)29-23(26(31)32)17-18-8-12-22(13-9-18)33-16-14-21-11-10-19-7-4-15-27-24(19)28-21/h1-3,5-6,8-13,23H,4,7,14-17H2,(H,27,28)(H,29,30)(H,31,32)/t23-/m0/s1. The van der Waals surface area contributed by atoms with Gasteiger partial charge in [0.1, 0.15) is 17.6 Å². The van der Waals surface area contributed by atoms with Gasteiger partial charge in [-0.25, -0.2) is 9.78 Å². The van der Waals surface area contributed by atoms with Crippen molar-refractivity contribution in [3.8, 4) is 5.75 Å². The number of carboxylic acid groups (broad SMARTS) is 1. The summed E-state index contributed by atoms with van der Waals surface area (Å²) in [6, 6.07) is 19.0. The zero-order valence-electron chi connectivity index (χ0n) is 18.3. The number of anilines is 1. The summed E-state index contributed by atoms with van der Waals surface area (Å²) in [5, 5.41) is 15.5. The number of fused-ring (bicyclic) bond motifs is 1. The molecule has 1 aromatic heterocycles. The van der Waals surface area contributed by atoms with Crippen molar-refractivity contribution in [2.75, 3.05) is 18.5 Å². The normalized spacial score (nSPS) is 13.3. The number of hydrogen-bond acceptors (Lipinski definition) is 5. The highest BCUT2D eigenvalue weighted by Crippen LogP contribution is 2.20. The van der Waals surface area contributed by atoms with E-state index in [1.165, 1.54) is 5.56 Å². The van der Waals surface area contributed by atoms with Gasteiger partial charge in [0.25, 0.3) is 5.91 Å². The first-order valence-electron chi connectivity index (χ1n) is 11.1. The fourth-order valence-electron chi connectivity index (χ4n) is 3.77. The van der Waals surface area contributed by atoms with Crippen LogP contribution in [0.1, 0.15) is 33.6 Å². The fourth-order valence-corrected chi connectivity index (χ4v) is 3.77. The second kappa shape index (κ2) is 10.6. The lowest BCUT2D eigenvalue weighted by Crippen LogP contribution is -2.42. The maximum Gasteiger partial charge on any atom is 0.326 e. The van der Waals surface area contributed by atoms with Gasteiger partial charge in [-0.15, -0.1) is 0 Å². The molecule has 1 aliphatic rings. The van der Waals surface area contributed by atoms with Crippen LogP contribution >= 0.6 is 0 Å². The Balaban J connectivity index is 1.29. The van der Waals surface area contributed by atoms with Crippen LogP contribution in [-0.2, 0) is 24.1 Å². The predicted octanol–water partition coefficient (Wildman–Crippen LogP) is 3.49. The molecule has 7 heteroatoms. The van der Waals surface area contributed by atoms with Gasteiger partial charge in [0.05, 0.1) is 6.61 Å². The maximum atomic E-state index is 12.3. The number of ether oxygens (including phenoxy) is 1. The summed E-state index contributed by atoms with van der Waals surface area (Å²) in [7, 11) is 0. The average Bonchev–Trinajstić information content (AvgIpc) is 2.85. The number of aryl methyl sites for hydroxylation is 1. The van der Waals surface area contributed by atoms with Gasteiger partial charge < -0.3 is 20.5 Å². The van der Waals surface area contributed by atoms with Crippen molar-refractivity contribution >= 4 is 17.7 Å². The summed E-state index contributed by atoms with van der Waals surface area (Å²) in [4.78, 5) is 28.6. The Morgan fingerprint density at radius 2 is 1.85 bits per heavy atom. The van der Waals surface area contributed by atoms with E-state index in [9.17, 15) is 14.7 Å². The van der Waals surface area contributed by atoms with Crippen LogP contribution in [0.3, 0.4) is 0 Å². The lowest BCUT2D eigenvalue weighted by Gasteiger charge is -2.17. The van der Waals surface area contributed by atoms with Gasteiger partial charge in [-0.05, 0) is 54.3 Å². The van der Waals surface area contributed by atoms with Crippen molar-refractivity contribution in [2.45, 2.75) is 31.7 Å². The number of carbonyl (C=O) groups is 2. The molecule has 0 saturated carbocycles. The highest BCUT2D eigenvalue weighted by atomic mass is 16.5. The molecule has 1 aliphatic heterocycles. The fraction of sp³-hybridized carbons (Fsp3) is 0.269. The minimum absolute atomic E-state index is 0.181. The molecule has 0 radical (unpaired) electrons. The minimum Gasteiger partial charge on any atom is -0.493 e. The van der Waals surface area contributed by atoms with Gasteiger partial charge in [0, 0.05) is 30.6 Å². The SMILES string of the molecule is O=C(N[C@@H](Cc1ccc(OCCc2ccc3c(n2)NCCC3)cc1)C(=O)O)c1ccccc1. The van der Waals surface area contributed by atoms with Crippen LogP contribution in [0, 0.1) is 0 Å². The van der Waals surface area contributed by atoms with Crippen LogP contribution in [0.15, 0.2) is 66.7 Å². The maximum absolute atomic E-state index is 12.3. The summed E-state index contributed by atoms with van der Waals surface area (Å²) in [6.07, 6.45) is 3.08. The topological polar surface area (TPSA) is 101 Å². The average molecular weight is 446 g/mol. The van der Waals surface area contributed by atoms with E-state index in [-0.39, 0.29) is 6.42 Å². The van der Waals surface area contributed by atoms with Crippen molar-refractivity contribution in [3.63, 3.8) is 0 Å². The molecule has 1 amide bonds. The van der Waals surface area contributed by atoms with Gasteiger partial charge in [-0.2, -0.15) is 0 Å². The van der Waals surface area contributed by atoms with Crippen LogP contribution in [0.2, 0.25) is 0 Å². The number of amides is 1. The number of nitrogens with one attached hydrogen (secondary N) is 2. The highest BCUT2D eigenvalue weighted by molar-refractivity contribution is 5.96. The molecule has 170 valence electrons. The van der Waals surface area contributed by atoms with Crippen molar-refractivity contribution in [1.82, 2.24) is 10.3 Å². The molecule has 0 saturated heterocycles. The van der Waals surface area contributed by atoms with E-state index in [1.807, 2.05) is 30.3 Å². The Morgan fingerprint density at radius 3 is 2.61 bits per heavy atom. The number of aliphatic carboxylic acids is 1. The number of pyridine rings is 1. The van der Waals surface area contributed by atoms with E-state index >= 15 is 0 Å². The molecule has 1 atom stereocenters. The highest BCUT2D eigenvalue weighted by Gasteiger charge is 2.21. The number of carbonyl (C=O) groups excluding carboxylic acids is 1. The largest absolute Gasteiger partial charge is 0.493 e. The van der Waals surface area contributed by atoms with Crippen LogP contribution < -0.4 is 15.4 Å². The lowest BCUT2D eigenvalue weighted by molar-refractivity contribution is -0.139. The second-order valence-electron chi connectivity index (χ2n) is 8.02. The molecule has 3 aromatic rings. The first-order valence-corrected chi connectivity index (χ1v) is 11.1. The second-order valence-corrected chi connectivity index (χ2v) is 8.02. The first kappa shape index (κ1) is 22.3. The van der Waals surface area contributed by atoms with Crippen LogP contribution in [0.25, 0.3) is 0 Å². The molecule has 3 N–H and O–H groups in total. The van der Waals surface area contributed by atoms with E-state index in [4.69, 9.17) is 4.74 Å². The molecule has 0 fully saturated rings. The summed E-state index contributed by atoms with van der Waals surface area (Å²) < 4.78 is 5.84. The third kappa shape index (κ3) is 6.10. The van der Waals surface area contributed by atoms with Gasteiger partial charge in [0.2, 0.25) is 0 Å². The van der Waals surface area contributed by atoms with Crippen molar-refractivity contribution in [3.05, 3.63) is 89.1 Å². The number of aromatic nitrogens is 1. The molecule has 2 aromatic carbocycles. The van der Waals surface area contributed by atoms with Crippen LogP contribution in [-0.4, -0.2) is 41.2 Å². The Hall–Kier alpha value is -3.87. The first-order chi connectivity index (χ1) is 16.1. The van der Waals surface area contributed by atoms with Crippen molar-refractivity contribution in [1.29, 1.82) is 0 Å². The molecule has 7 nitrogen and oxygen atoms in total. The molecule has 0 unspecified atom stereocenters. The van der Waals surface area contributed by atoms with Crippen LogP contribution in [0.4, 0.5) is 5.82 Å². The number of carboxylic acids is 1. The molecular weight excluding hydrogens is 418 g/mol. The van der Waals surface area contributed by atoms with Gasteiger partial charge in [0.15, 0.2) is 0 Å². The van der Waals surface area contributed by atoms with Crippen LogP contribution in [0.5, 0.6) is 5.75 Å².